The monoisotopic (exact) mass is 502 g/mol. The first-order valence-corrected chi connectivity index (χ1v) is 11.3. The van der Waals surface area contributed by atoms with Gasteiger partial charge in [-0.1, -0.05) is 0 Å². The third-order valence-electron chi connectivity index (χ3n) is 6.38. The lowest BCUT2D eigenvalue weighted by atomic mass is 9.93. The Morgan fingerprint density at radius 2 is 1.89 bits per heavy atom. The number of fused-ring (bicyclic) bond motifs is 3. The fourth-order valence-corrected chi connectivity index (χ4v) is 4.59. The Morgan fingerprint density at radius 1 is 1.14 bits per heavy atom. The number of carbonyl (C=O) groups excluding carboxylic acids is 1. The zero-order valence-corrected chi connectivity index (χ0v) is 19.6. The highest BCUT2D eigenvalue weighted by molar-refractivity contribution is 5.88. The van der Waals surface area contributed by atoms with E-state index in [-0.39, 0.29) is 17.3 Å². The summed E-state index contributed by atoms with van der Waals surface area (Å²) in [5.74, 6) is -1.75. The van der Waals surface area contributed by atoms with Crippen molar-refractivity contribution in [2.45, 2.75) is 19.2 Å². The SMILES string of the molecule is CN1CCN(c2ccc(OC(F)(F)F)c(Nc3ncc4c(n3)-c3c(c(C(=O)[O-])nn3C)CC4)c2)CC1. The second-order valence-corrected chi connectivity index (χ2v) is 8.80. The van der Waals surface area contributed by atoms with Gasteiger partial charge in [0.05, 0.1) is 23.0 Å². The second-order valence-electron chi connectivity index (χ2n) is 8.80. The molecule has 10 nitrogen and oxygen atoms in total. The molecule has 1 aliphatic heterocycles. The number of alkyl halides is 3. The van der Waals surface area contributed by atoms with Crippen LogP contribution in [0.25, 0.3) is 11.4 Å². The molecule has 1 N–H and O–H groups in total. The molecule has 0 spiro atoms. The van der Waals surface area contributed by atoms with Crippen molar-refractivity contribution < 1.29 is 27.8 Å². The zero-order chi connectivity index (χ0) is 25.6. The summed E-state index contributed by atoms with van der Waals surface area (Å²) in [5, 5.41) is 18.4. The van der Waals surface area contributed by atoms with Crippen LogP contribution in [0.1, 0.15) is 21.6 Å². The van der Waals surface area contributed by atoms with Crippen LogP contribution in [0.5, 0.6) is 5.75 Å². The summed E-state index contributed by atoms with van der Waals surface area (Å²) >= 11 is 0. The number of benzene rings is 1. The normalized spacial score (nSPS) is 15.9. The van der Waals surface area contributed by atoms with E-state index in [1.807, 2.05) is 7.05 Å². The van der Waals surface area contributed by atoms with Crippen molar-refractivity contribution >= 4 is 23.3 Å². The maximum atomic E-state index is 13.1. The number of nitrogens with one attached hydrogen (secondary N) is 1. The van der Waals surface area contributed by atoms with Gasteiger partial charge in [-0.2, -0.15) is 5.10 Å². The Morgan fingerprint density at radius 3 is 2.58 bits per heavy atom. The molecule has 1 aliphatic carbocycles. The number of rotatable bonds is 5. The Hall–Kier alpha value is -3.87. The molecule has 0 atom stereocenters. The van der Waals surface area contributed by atoms with Crippen LogP contribution in [-0.2, 0) is 19.9 Å². The Labute approximate surface area is 204 Å². The molecule has 0 saturated carbocycles. The number of aromatic nitrogens is 4. The number of halogens is 3. The third-order valence-corrected chi connectivity index (χ3v) is 6.38. The Balaban J connectivity index is 1.51. The van der Waals surface area contributed by atoms with Crippen LogP contribution in [0.15, 0.2) is 24.4 Å². The first-order valence-electron chi connectivity index (χ1n) is 11.3. The summed E-state index contributed by atoms with van der Waals surface area (Å²) < 4.78 is 45.0. The van der Waals surface area contributed by atoms with Gasteiger partial charge in [-0.15, -0.1) is 13.2 Å². The van der Waals surface area contributed by atoms with E-state index in [1.165, 1.54) is 10.7 Å². The summed E-state index contributed by atoms with van der Waals surface area (Å²) in [5.41, 5.74) is 2.91. The van der Waals surface area contributed by atoms with Crippen molar-refractivity contribution in [1.82, 2.24) is 24.6 Å². The molecule has 190 valence electrons. The maximum absolute atomic E-state index is 13.1. The molecule has 0 unspecified atom stereocenters. The van der Waals surface area contributed by atoms with Crippen molar-refractivity contribution in [3.63, 3.8) is 0 Å². The molecule has 0 radical (unpaired) electrons. The fraction of sp³-hybridized carbons (Fsp3) is 0.391. The lowest BCUT2D eigenvalue weighted by Crippen LogP contribution is -2.44. The molecule has 3 heterocycles. The summed E-state index contributed by atoms with van der Waals surface area (Å²) in [6.45, 7) is 3.13. The highest BCUT2D eigenvalue weighted by Crippen LogP contribution is 2.37. The van der Waals surface area contributed by atoms with Crippen LogP contribution < -0.4 is 20.1 Å². The van der Waals surface area contributed by atoms with E-state index in [0.717, 1.165) is 37.4 Å². The number of likely N-dealkylation sites (N-methyl/N-ethyl adjacent to an activating group) is 1. The number of anilines is 3. The average Bonchev–Trinajstić information content (AvgIpc) is 3.17. The number of carboxylic acids is 1. The van der Waals surface area contributed by atoms with Gasteiger partial charge in [0.15, 0.2) is 5.75 Å². The lowest BCUT2D eigenvalue weighted by molar-refractivity contribution is -0.274. The number of hydrogen-bond acceptors (Lipinski definition) is 9. The van der Waals surface area contributed by atoms with E-state index >= 15 is 0 Å². The van der Waals surface area contributed by atoms with Gasteiger partial charge in [-0.05, 0) is 43.7 Å². The van der Waals surface area contributed by atoms with Crippen LogP contribution in [0.3, 0.4) is 0 Å². The highest BCUT2D eigenvalue weighted by atomic mass is 19.4. The smallest absolute Gasteiger partial charge is 0.543 e. The van der Waals surface area contributed by atoms with Gasteiger partial charge in [0.1, 0.15) is 5.69 Å². The molecule has 1 saturated heterocycles. The largest absolute Gasteiger partial charge is 0.573 e. The van der Waals surface area contributed by atoms with Crippen LogP contribution in [0.2, 0.25) is 0 Å². The number of carbonyl (C=O) groups is 1. The van der Waals surface area contributed by atoms with Crippen molar-refractivity contribution in [2.24, 2.45) is 7.05 Å². The van der Waals surface area contributed by atoms with Crippen molar-refractivity contribution in [3.8, 4) is 17.1 Å². The van der Waals surface area contributed by atoms with Crippen LogP contribution in [0, 0.1) is 0 Å². The summed E-state index contributed by atoms with van der Waals surface area (Å²) in [7, 11) is 3.62. The average molecular weight is 502 g/mol. The third kappa shape index (κ3) is 4.65. The van der Waals surface area contributed by atoms with Crippen molar-refractivity contribution in [2.75, 3.05) is 43.4 Å². The molecule has 2 aliphatic rings. The predicted octanol–water partition coefficient (Wildman–Crippen LogP) is 1.73. The van der Waals surface area contributed by atoms with Crippen LogP contribution >= 0.6 is 0 Å². The highest BCUT2D eigenvalue weighted by Gasteiger charge is 2.33. The Kier molecular flexibility index (Phi) is 5.94. The standard InChI is InChI=1S/C23H24F3N7O3/c1-31-7-9-33(10-8-31)14-4-6-17(36-23(24,25)26)16(11-14)28-22-27-12-13-3-5-15-19(21(34)35)30-32(2)20(15)18(13)29-22/h4,6,11-12H,3,5,7-10H2,1-2H3,(H,34,35)(H,27,28,29)/p-1. The van der Waals surface area contributed by atoms with E-state index in [2.05, 4.69) is 34.9 Å². The quantitative estimate of drug-likeness (QED) is 0.558. The van der Waals surface area contributed by atoms with E-state index in [1.54, 1.807) is 25.4 Å². The van der Waals surface area contributed by atoms with Crippen LogP contribution in [-0.4, -0.2) is 70.2 Å². The molecular formula is C23H23F3N7O3-. The molecule has 1 aromatic carbocycles. The second kappa shape index (κ2) is 8.97. The number of piperazine rings is 1. The molecule has 36 heavy (non-hydrogen) atoms. The molecule has 2 aromatic heterocycles. The topological polar surface area (TPSA) is 111 Å². The van der Waals surface area contributed by atoms with E-state index in [9.17, 15) is 23.1 Å². The van der Waals surface area contributed by atoms with Crippen LogP contribution in [0.4, 0.5) is 30.5 Å². The van der Waals surface area contributed by atoms with E-state index in [0.29, 0.717) is 29.8 Å². The molecule has 3 aromatic rings. The minimum atomic E-state index is -4.88. The summed E-state index contributed by atoms with van der Waals surface area (Å²) in [6, 6.07) is 4.45. The minimum absolute atomic E-state index is 0.0420. The van der Waals surface area contributed by atoms with Crippen molar-refractivity contribution in [1.29, 1.82) is 0 Å². The number of carboxylic acid groups (broad SMARTS) is 1. The summed E-state index contributed by atoms with van der Waals surface area (Å²) in [4.78, 5) is 24.6. The first-order chi connectivity index (χ1) is 17.1. The van der Waals surface area contributed by atoms with E-state index < -0.39 is 18.1 Å². The predicted molar refractivity (Wildman–Crippen MR) is 122 cm³/mol. The molecule has 0 bridgehead atoms. The molecule has 0 amide bonds. The molecule has 1 fully saturated rings. The van der Waals surface area contributed by atoms with Gasteiger partial charge in [0.25, 0.3) is 0 Å². The fourth-order valence-electron chi connectivity index (χ4n) is 4.59. The number of ether oxygens (including phenoxy) is 1. The van der Waals surface area contributed by atoms with Crippen molar-refractivity contribution in [3.05, 3.63) is 41.2 Å². The van der Waals surface area contributed by atoms with Gasteiger partial charge >= 0.3 is 6.36 Å². The minimum Gasteiger partial charge on any atom is -0.543 e. The summed E-state index contributed by atoms with van der Waals surface area (Å²) in [6.07, 6.45) is -2.37. The van der Waals surface area contributed by atoms with Gasteiger partial charge in [-0.25, -0.2) is 9.97 Å². The molecular weight excluding hydrogens is 479 g/mol. The number of aromatic carboxylic acids is 1. The number of nitrogens with zero attached hydrogens (tertiary/aromatic N) is 6. The first kappa shape index (κ1) is 23.9. The molecule has 13 heteroatoms. The zero-order valence-electron chi connectivity index (χ0n) is 19.6. The number of aryl methyl sites for hydroxylation is 2. The maximum Gasteiger partial charge on any atom is 0.573 e. The lowest BCUT2D eigenvalue weighted by Gasteiger charge is -2.34. The van der Waals surface area contributed by atoms with Gasteiger partial charge in [-0.3, -0.25) is 4.68 Å². The number of hydrogen-bond donors (Lipinski definition) is 1. The molecule has 5 rings (SSSR count). The van der Waals surface area contributed by atoms with Gasteiger partial charge in [0.2, 0.25) is 5.95 Å². The van der Waals surface area contributed by atoms with Gasteiger partial charge < -0.3 is 29.8 Å². The van der Waals surface area contributed by atoms with Gasteiger partial charge in [0, 0.05) is 50.7 Å². The Bertz CT molecular complexity index is 1320. The van der Waals surface area contributed by atoms with E-state index in [4.69, 9.17) is 0 Å².